The minimum Gasteiger partial charge on any atom is -0.370 e. The molecule has 0 aromatic heterocycles. The first-order chi connectivity index (χ1) is 11.1. The highest BCUT2D eigenvalue weighted by atomic mass is 127. The second-order valence-electron chi connectivity index (χ2n) is 4.88. The van der Waals surface area contributed by atoms with Crippen molar-refractivity contribution in [1.29, 1.82) is 0 Å². The molecule has 0 bridgehead atoms. The Labute approximate surface area is 167 Å². The number of nitrogens with one attached hydrogen (secondary N) is 2. The van der Waals surface area contributed by atoms with Crippen LogP contribution in [0.3, 0.4) is 0 Å². The molecule has 0 fully saturated rings. The summed E-state index contributed by atoms with van der Waals surface area (Å²) in [6, 6.07) is 16.9. The van der Waals surface area contributed by atoms with Crippen LogP contribution >= 0.6 is 39.9 Å². The molecule has 0 aliphatic rings. The normalized spacial score (nSPS) is 10.6. The van der Waals surface area contributed by atoms with Crippen LogP contribution in [-0.2, 0) is 0 Å². The molecular formula is C17H20BrIN4O. The predicted molar refractivity (Wildman–Crippen MR) is 113 cm³/mol. The van der Waals surface area contributed by atoms with Crippen LogP contribution in [0.25, 0.3) is 0 Å². The van der Waals surface area contributed by atoms with Crippen LogP contribution in [0.4, 0.5) is 5.69 Å². The molecule has 128 valence electrons. The molecule has 0 saturated carbocycles. The Morgan fingerprint density at radius 3 is 2.58 bits per heavy atom. The van der Waals surface area contributed by atoms with Gasteiger partial charge in [-0.2, -0.15) is 0 Å². The predicted octanol–water partition coefficient (Wildman–Crippen LogP) is 3.61. The summed E-state index contributed by atoms with van der Waals surface area (Å²) in [4.78, 5) is 16.2. The Kier molecular flexibility index (Phi) is 9.39. The van der Waals surface area contributed by atoms with Crippen LogP contribution in [0.15, 0.2) is 64.1 Å². The van der Waals surface area contributed by atoms with E-state index in [0.29, 0.717) is 24.6 Å². The topological polar surface area (TPSA) is 79.5 Å². The fraction of sp³-hybridized carbons (Fsp3) is 0.176. The van der Waals surface area contributed by atoms with Crippen molar-refractivity contribution in [3.05, 3.63) is 64.6 Å². The van der Waals surface area contributed by atoms with Gasteiger partial charge in [-0.1, -0.05) is 40.2 Å². The van der Waals surface area contributed by atoms with Crippen LogP contribution in [0, 0.1) is 0 Å². The molecule has 2 rings (SSSR count). The lowest BCUT2D eigenvalue weighted by molar-refractivity contribution is 0.0953. The van der Waals surface area contributed by atoms with E-state index in [-0.39, 0.29) is 29.9 Å². The Balaban J connectivity index is 0.00000288. The van der Waals surface area contributed by atoms with E-state index in [2.05, 4.69) is 31.6 Å². The summed E-state index contributed by atoms with van der Waals surface area (Å²) in [5.41, 5.74) is 7.33. The molecule has 0 radical (unpaired) electrons. The van der Waals surface area contributed by atoms with Gasteiger partial charge in [0.05, 0.1) is 0 Å². The van der Waals surface area contributed by atoms with Crippen molar-refractivity contribution < 1.29 is 4.79 Å². The molecule has 5 nitrogen and oxygen atoms in total. The lowest BCUT2D eigenvalue weighted by Gasteiger charge is -2.06. The molecule has 0 atom stereocenters. The van der Waals surface area contributed by atoms with Crippen molar-refractivity contribution in [2.45, 2.75) is 6.42 Å². The highest BCUT2D eigenvalue weighted by molar-refractivity contribution is 14.0. The molecule has 0 unspecified atom stereocenters. The number of nitrogens with zero attached hydrogens (tertiary/aromatic N) is 1. The van der Waals surface area contributed by atoms with Crippen LogP contribution in [-0.4, -0.2) is 25.0 Å². The number of carbonyl (C=O) groups is 1. The lowest BCUT2D eigenvalue weighted by atomic mass is 10.2. The molecule has 0 aliphatic carbocycles. The van der Waals surface area contributed by atoms with Gasteiger partial charge >= 0.3 is 0 Å². The lowest BCUT2D eigenvalue weighted by Crippen LogP contribution is -2.26. The van der Waals surface area contributed by atoms with Gasteiger partial charge < -0.3 is 16.4 Å². The molecule has 0 heterocycles. The average Bonchev–Trinajstić information content (AvgIpc) is 2.55. The summed E-state index contributed by atoms with van der Waals surface area (Å²) in [5, 5.41) is 5.87. The first-order valence-electron chi connectivity index (χ1n) is 7.31. The standard InChI is InChI=1S/C17H19BrN4O.HI/c18-14-7-4-6-13(12-14)16(23)20-10-5-11-21-17(19)22-15-8-2-1-3-9-15;/h1-4,6-9,12H,5,10-11H2,(H,20,23)(H3,19,21,22);1H. The Hall–Kier alpha value is -1.61. The second-order valence-corrected chi connectivity index (χ2v) is 5.79. The van der Waals surface area contributed by atoms with E-state index in [1.807, 2.05) is 42.5 Å². The number of halogens is 2. The highest BCUT2D eigenvalue weighted by Gasteiger charge is 2.04. The van der Waals surface area contributed by atoms with E-state index in [1.54, 1.807) is 12.1 Å². The highest BCUT2D eigenvalue weighted by Crippen LogP contribution is 2.11. The summed E-state index contributed by atoms with van der Waals surface area (Å²) in [7, 11) is 0. The maximum absolute atomic E-state index is 11.9. The summed E-state index contributed by atoms with van der Waals surface area (Å²) in [6.45, 7) is 1.10. The number of benzene rings is 2. The summed E-state index contributed by atoms with van der Waals surface area (Å²) >= 11 is 3.35. The van der Waals surface area contributed by atoms with E-state index < -0.39 is 0 Å². The monoisotopic (exact) mass is 502 g/mol. The zero-order chi connectivity index (χ0) is 16.5. The molecule has 1 amide bonds. The average molecular weight is 503 g/mol. The molecule has 2 aromatic rings. The van der Waals surface area contributed by atoms with Gasteiger partial charge in [0.2, 0.25) is 0 Å². The van der Waals surface area contributed by atoms with Gasteiger partial charge in [-0.3, -0.25) is 9.79 Å². The van der Waals surface area contributed by atoms with Gasteiger partial charge in [0.25, 0.3) is 5.91 Å². The SMILES string of the molecule is I.NC(=NCCCNC(=O)c1cccc(Br)c1)Nc1ccccc1. The zero-order valence-corrected chi connectivity index (χ0v) is 17.0. The fourth-order valence-corrected chi connectivity index (χ4v) is 2.32. The quantitative estimate of drug-likeness (QED) is 0.244. The first-order valence-corrected chi connectivity index (χ1v) is 8.10. The number of guanidine groups is 1. The van der Waals surface area contributed by atoms with Crippen LogP contribution in [0.5, 0.6) is 0 Å². The largest absolute Gasteiger partial charge is 0.370 e. The smallest absolute Gasteiger partial charge is 0.251 e. The van der Waals surface area contributed by atoms with Gasteiger partial charge in [0.15, 0.2) is 5.96 Å². The van der Waals surface area contributed by atoms with Gasteiger partial charge in [0, 0.05) is 28.8 Å². The van der Waals surface area contributed by atoms with Crippen molar-refractivity contribution in [3.63, 3.8) is 0 Å². The van der Waals surface area contributed by atoms with E-state index in [4.69, 9.17) is 5.73 Å². The summed E-state index contributed by atoms with van der Waals surface area (Å²) in [5.74, 6) is 0.278. The minimum atomic E-state index is -0.0920. The number of hydrogen-bond acceptors (Lipinski definition) is 2. The van der Waals surface area contributed by atoms with E-state index in [0.717, 1.165) is 16.6 Å². The van der Waals surface area contributed by atoms with E-state index in [9.17, 15) is 4.79 Å². The Bertz CT molecular complexity index is 679. The number of amides is 1. The molecule has 4 N–H and O–H groups in total. The molecule has 0 aliphatic heterocycles. The van der Waals surface area contributed by atoms with Gasteiger partial charge in [-0.05, 0) is 36.8 Å². The van der Waals surface area contributed by atoms with Crippen LogP contribution < -0.4 is 16.4 Å². The van der Waals surface area contributed by atoms with Crippen molar-refractivity contribution in [1.82, 2.24) is 5.32 Å². The number of aliphatic imine (C=N–C) groups is 1. The maximum Gasteiger partial charge on any atom is 0.251 e. The molecule has 0 saturated heterocycles. The molecular weight excluding hydrogens is 483 g/mol. The van der Waals surface area contributed by atoms with Crippen molar-refractivity contribution in [2.75, 3.05) is 18.4 Å². The third-order valence-electron chi connectivity index (χ3n) is 3.04. The van der Waals surface area contributed by atoms with Gasteiger partial charge in [-0.25, -0.2) is 0 Å². The summed E-state index contributed by atoms with van der Waals surface area (Å²) in [6.07, 6.45) is 0.719. The number of hydrogen-bond donors (Lipinski definition) is 3. The molecule has 7 heteroatoms. The second kappa shape index (κ2) is 11.0. The van der Waals surface area contributed by atoms with Crippen LogP contribution in [0.1, 0.15) is 16.8 Å². The molecule has 0 spiro atoms. The van der Waals surface area contributed by atoms with Gasteiger partial charge in [-0.15, -0.1) is 24.0 Å². The molecule has 2 aromatic carbocycles. The number of carbonyl (C=O) groups excluding carboxylic acids is 1. The van der Waals surface area contributed by atoms with Crippen molar-refractivity contribution in [3.8, 4) is 0 Å². The third-order valence-corrected chi connectivity index (χ3v) is 3.53. The molecule has 24 heavy (non-hydrogen) atoms. The van der Waals surface area contributed by atoms with E-state index >= 15 is 0 Å². The number of anilines is 1. The van der Waals surface area contributed by atoms with Gasteiger partial charge in [0.1, 0.15) is 0 Å². The number of nitrogens with two attached hydrogens (primary N) is 1. The van der Waals surface area contributed by atoms with Crippen molar-refractivity contribution >= 4 is 57.5 Å². The first kappa shape index (κ1) is 20.4. The Morgan fingerprint density at radius 2 is 1.88 bits per heavy atom. The minimum absolute atomic E-state index is 0. The number of para-hydroxylation sites is 1. The summed E-state index contributed by atoms with van der Waals surface area (Å²) < 4.78 is 0.884. The Morgan fingerprint density at radius 1 is 1.12 bits per heavy atom. The van der Waals surface area contributed by atoms with Crippen LogP contribution in [0.2, 0.25) is 0 Å². The third kappa shape index (κ3) is 7.31. The zero-order valence-electron chi connectivity index (χ0n) is 13.0. The fourth-order valence-electron chi connectivity index (χ4n) is 1.92. The number of rotatable bonds is 6. The van der Waals surface area contributed by atoms with Crippen molar-refractivity contribution in [2.24, 2.45) is 10.7 Å². The maximum atomic E-state index is 11.9. The van der Waals surface area contributed by atoms with E-state index in [1.165, 1.54) is 0 Å².